The van der Waals surface area contributed by atoms with Crippen molar-refractivity contribution in [3.63, 3.8) is 0 Å². The van der Waals surface area contributed by atoms with Gasteiger partial charge in [-0.25, -0.2) is 4.98 Å². The Morgan fingerprint density at radius 2 is 2.00 bits per heavy atom. The highest BCUT2D eigenvalue weighted by Crippen LogP contribution is 2.46. The summed E-state index contributed by atoms with van der Waals surface area (Å²) in [5.41, 5.74) is 11.2. The molecule has 0 unspecified atom stereocenters. The van der Waals surface area contributed by atoms with E-state index in [2.05, 4.69) is 33.1 Å². The summed E-state index contributed by atoms with van der Waals surface area (Å²) in [4.78, 5) is 4.34. The van der Waals surface area contributed by atoms with Crippen LogP contribution in [0.25, 0.3) is 17.2 Å². The van der Waals surface area contributed by atoms with E-state index in [0.717, 1.165) is 32.3 Å². The van der Waals surface area contributed by atoms with Crippen molar-refractivity contribution in [1.29, 1.82) is 10.5 Å². The highest BCUT2D eigenvalue weighted by Gasteiger charge is 2.30. The summed E-state index contributed by atoms with van der Waals surface area (Å²) in [5.74, 6) is 1.47. The van der Waals surface area contributed by atoms with Gasteiger partial charge in [-0.2, -0.15) is 10.5 Å². The summed E-state index contributed by atoms with van der Waals surface area (Å²) in [6, 6.07) is 8.12. The molecule has 7 heteroatoms. The molecule has 2 aromatic rings. The SMILES string of the molecule is CC1=C(C#N)c2nc(N)c(C#N)c(C)c2C1=Cc1cc(Br)c2c(c1)OCO2. The molecule has 2 heterocycles. The lowest BCUT2D eigenvalue weighted by Gasteiger charge is -2.11. The molecule has 2 N–H and O–H groups in total. The van der Waals surface area contributed by atoms with Crippen LogP contribution in [0.1, 0.15) is 34.9 Å². The summed E-state index contributed by atoms with van der Waals surface area (Å²) in [6.45, 7) is 3.88. The molecule has 1 aromatic carbocycles. The van der Waals surface area contributed by atoms with Crippen LogP contribution < -0.4 is 15.2 Å². The summed E-state index contributed by atoms with van der Waals surface area (Å²) < 4.78 is 11.7. The third-order valence-corrected chi connectivity index (χ3v) is 5.33. The first-order chi connectivity index (χ1) is 13.0. The number of fused-ring (bicyclic) bond motifs is 2. The lowest BCUT2D eigenvalue weighted by molar-refractivity contribution is 0.173. The molecule has 1 aromatic heterocycles. The number of anilines is 1. The number of nitrogen functional groups attached to an aromatic ring is 1. The molecule has 0 spiro atoms. The molecule has 0 saturated heterocycles. The Labute approximate surface area is 164 Å². The second-order valence-electron chi connectivity index (χ2n) is 6.24. The Morgan fingerprint density at radius 3 is 2.70 bits per heavy atom. The molecular formula is C20H13BrN4O2. The molecule has 0 radical (unpaired) electrons. The van der Waals surface area contributed by atoms with E-state index < -0.39 is 0 Å². The zero-order valence-corrected chi connectivity index (χ0v) is 16.1. The molecule has 27 heavy (non-hydrogen) atoms. The Bertz CT molecular complexity index is 1170. The fraction of sp³-hybridized carbons (Fsp3) is 0.150. The van der Waals surface area contributed by atoms with Crippen LogP contribution in [-0.4, -0.2) is 11.8 Å². The summed E-state index contributed by atoms with van der Waals surface area (Å²) in [5, 5.41) is 19.1. The molecule has 0 fully saturated rings. The van der Waals surface area contributed by atoms with E-state index in [9.17, 15) is 10.5 Å². The lowest BCUT2D eigenvalue weighted by atomic mass is 9.95. The van der Waals surface area contributed by atoms with Gasteiger partial charge in [0.15, 0.2) is 11.5 Å². The van der Waals surface area contributed by atoms with Crippen molar-refractivity contribution in [3.8, 4) is 23.6 Å². The quantitative estimate of drug-likeness (QED) is 0.741. The second kappa shape index (κ2) is 6.15. The van der Waals surface area contributed by atoms with Crippen molar-refractivity contribution in [1.82, 2.24) is 4.98 Å². The average Bonchev–Trinajstić information content (AvgIpc) is 3.19. The van der Waals surface area contributed by atoms with Gasteiger partial charge in [0.25, 0.3) is 0 Å². The maximum absolute atomic E-state index is 9.62. The third kappa shape index (κ3) is 2.48. The fourth-order valence-electron chi connectivity index (χ4n) is 3.43. The molecule has 0 bridgehead atoms. The van der Waals surface area contributed by atoms with Crippen molar-refractivity contribution in [2.75, 3.05) is 12.5 Å². The van der Waals surface area contributed by atoms with Gasteiger partial charge < -0.3 is 15.2 Å². The molecular weight excluding hydrogens is 408 g/mol. The van der Waals surface area contributed by atoms with Gasteiger partial charge in [0, 0.05) is 5.56 Å². The van der Waals surface area contributed by atoms with Crippen LogP contribution in [0.4, 0.5) is 5.82 Å². The first-order valence-electron chi connectivity index (χ1n) is 8.09. The van der Waals surface area contributed by atoms with Crippen molar-refractivity contribution in [2.45, 2.75) is 13.8 Å². The molecule has 1 aliphatic heterocycles. The standard InChI is InChI=1S/C20H13BrN4O2/c1-9-12(3-11-4-15(21)19-16(5-11)26-8-27-19)17-10(2)14(7-23)20(24)25-18(17)13(9)6-22/h3-5H,8H2,1-2H3,(H2,24,25). The van der Waals surface area contributed by atoms with Crippen molar-refractivity contribution in [2.24, 2.45) is 0 Å². The minimum Gasteiger partial charge on any atom is -0.454 e. The number of ether oxygens (including phenoxy) is 2. The zero-order valence-electron chi connectivity index (χ0n) is 14.6. The predicted octanol–water partition coefficient (Wildman–Crippen LogP) is 4.19. The summed E-state index contributed by atoms with van der Waals surface area (Å²) in [6.07, 6.45) is 1.96. The summed E-state index contributed by atoms with van der Waals surface area (Å²) in [7, 11) is 0. The third-order valence-electron chi connectivity index (χ3n) is 4.74. The van der Waals surface area contributed by atoms with Gasteiger partial charge >= 0.3 is 0 Å². The number of hydrogen-bond donors (Lipinski definition) is 1. The smallest absolute Gasteiger partial charge is 0.231 e. The molecule has 0 amide bonds. The molecule has 0 saturated carbocycles. The zero-order chi connectivity index (χ0) is 19.3. The van der Waals surface area contributed by atoms with Gasteiger partial charge in [-0.3, -0.25) is 0 Å². The van der Waals surface area contributed by atoms with Crippen LogP contribution >= 0.6 is 15.9 Å². The van der Waals surface area contributed by atoms with Crippen molar-refractivity contribution >= 4 is 39.0 Å². The van der Waals surface area contributed by atoms with E-state index in [1.807, 2.05) is 32.1 Å². The normalized spacial score (nSPS) is 15.7. The van der Waals surface area contributed by atoms with Crippen molar-refractivity contribution < 1.29 is 9.47 Å². The topological polar surface area (TPSA) is 105 Å². The number of aromatic nitrogens is 1. The Balaban J connectivity index is 1.97. The van der Waals surface area contributed by atoms with Gasteiger partial charge in [-0.1, -0.05) is 0 Å². The number of nitrogens with two attached hydrogens (primary N) is 1. The fourth-order valence-corrected chi connectivity index (χ4v) is 4.01. The summed E-state index contributed by atoms with van der Waals surface area (Å²) >= 11 is 3.50. The van der Waals surface area contributed by atoms with Gasteiger partial charge in [0.05, 0.1) is 21.3 Å². The maximum Gasteiger partial charge on any atom is 0.231 e. The van der Waals surface area contributed by atoms with E-state index in [1.54, 1.807) is 0 Å². The first kappa shape index (κ1) is 17.1. The maximum atomic E-state index is 9.62. The number of nitriles is 2. The number of allylic oxidation sites excluding steroid dienone is 3. The van der Waals surface area contributed by atoms with Crippen LogP contribution in [0.5, 0.6) is 11.5 Å². The van der Waals surface area contributed by atoms with Crippen LogP contribution in [0.2, 0.25) is 0 Å². The Kier molecular flexibility index (Phi) is 3.91. The van der Waals surface area contributed by atoms with E-state index in [0.29, 0.717) is 28.3 Å². The number of hydrogen-bond acceptors (Lipinski definition) is 6. The lowest BCUT2D eigenvalue weighted by Crippen LogP contribution is -2.03. The monoisotopic (exact) mass is 420 g/mol. The van der Waals surface area contributed by atoms with Crippen LogP contribution in [-0.2, 0) is 0 Å². The van der Waals surface area contributed by atoms with Crippen LogP contribution in [0.15, 0.2) is 22.2 Å². The minimum atomic E-state index is 0.140. The van der Waals surface area contributed by atoms with Crippen LogP contribution in [0.3, 0.4) is 0 Å². The molecule has 132 valence electrons. The minimum absolute atomic E-state index is 0.140. The number of nitrogens with zero attached hydrogens (tertiary/aromatic N) is 3. The number of pyridine rings is 1. The number of halogens is 1. The first-order valence-corrected chi connectivity index (χ1v) is 8.88. The number of rotatable bonds is 1. The predicted molar refractivity (Wildman–Crippen MR) is 104 cm³/mol. The average molecular weight is 421 g/mol. The van der Waals surface area contributed by atoms with Crippen molar-refractivity contribution in [3.05, 3.63) is 50.1 Å². The molecule has 6 nitrogen and oxygen atoms in total. The van der Waals surface area contributed by atoms with Gasteiger partial charge in [-0.15, -0.1) is 0 Å². The Morgan fingerprint density at radius 1 is 1.22 bits per heavy atom. The van der Waals surface area contributed by atoms with E-state index >= 15 is 0 Å². The van der Waals surface area contributed by atoms with E-state index in [-0.39, 0.29) is 12.6 Å². The van der Waals surface area contributed by atoms with E-state index in [1.165, 1.54) is 0 Å². The second-order valence-corrected chi connectivity index (χ2v) is 7.09. The highest BCUT2D eigenvalue weighted by molar-refractivity contribution is 9.10. The number of benzene rings is 1. The van der Waals surface area contributed by atoms with Gasteiger partial charge in [0.1, 0.15) is 18.0 Å². The van der Waals surface area contributed by atoms with Gasteiger partial charge in [-0.05, 0) is 70.3 Å². The molecule has 1 aliphatic carbocycles. The van der Waals surface area contributed by atoms with E-state index in [4.69, 9.17) is 15.2 Å². The molecule has 2 aliphatic rings. The largest absolute Gasteiger partial charge is 0.454 e. The Hall–Kier alpha value is -3.29. The van der Waals surface area contributed by atoms with Gasteiger partial charge in [0.2, 0.25) is 6.79 Å². The van der Waals surface area contributed by atoms with Crippen LogP contribution in [0, 0.1) is 29.6 Å². The molecule has 0 atom stereocenters. The molecule has 4 rings (SSSR count). The highest BCUT2D eigenvalue weighted by atomic mass is 79.9.